The summed E-state index contributed by atoms with van der Waals surface area (Å²) in [5.41, 5.74) is 0.444. The van der Waals surface area contributed by atoms with Crippen LogP contribution in [-0.2, 0) is 9.59 Å². The van der Waals surface area contributed by atoms with Crippen LogP contribution in [0.5, 0.6) is 5.75 Å². The van der Waals surface area contributed by atoms with Gasteiger partial charge in [0.05, 0.1) is 13.0 Å². The molecule has 1 aromatic carbocycles. The highest BCUT2D eigenvalue weighted by atomic mass is 16.5. The van der Waals surface area contributed by atoms with Crippen LogP contribution >= 0.6 is 0 Å². The number of amides is 2. The molecule has 0 aromatic heterocycles. The Morgan fingerprint density at radius 1 is 1.14 bits per heavy atom. The number of carbonyl (C=O) groups is 3. The molecule has 1 heterocycles. The molecule has 0 bridgehead atoms. The van der Waals surface area contributed by atoms with Crippen LogP contribution in [0, 0.1) is 23.7 Å². The average Bonchev–Trinajstić information content (AvgIpc) is 3.42. The zero-order chi connectivity index (χ0) is 20.4. The Bertz CT molecular complexity index is 742. The number of likely N-dealkylation sites (tertiary alicyclic amines) is 1. The van der Waals surface area contributed by atoms with Crippen LogP contribution in [-0.4, -0.2) is 54.0 Å². The molecule has 0 spiro atoms. The third-order valence-electron chi connectivity index (χ3n) is 5.79. The van der Waals surface area contributed by atoms with E-state index in [0.29, 0.717) is 23.8 Å². The fourth-order valence-electron chi connectivity index (χ4n) is 3.95. The van der Waals surface area contributed by atoms with Gasteiger partial charge in [-0.25, -0.2) is 0 Å². The van der Waals surface area contributed by atoms with Crippen LogP contribution in [0.3, 0.4) is 0 Å². The van der Waals surface area contributed by atoms with Crippen LogP contribution in [0.2, 0.25) is 0 Å². The van der Waals surface area contributed by atoms with Crippen molar-refractivity contribution in [1.29, 1.82) is 0 Å². The zero-order valence-electron chi connectivity index (χ0n) is 16.6. The second kappa shape index (κ2) is 8.20. The quantitative estimate of drug-likeness (QED) is 0.745. The zero-order valence-corrected chi connectivity index (χ0v) is 16.6. The molecule has 1 saturated carbocycles. The highest BCUT2D eigenvalue weighted by Gasteiger charge is 2.48. The standard InChI is InChI=1S/C21H28N2O5/c1-12(2)18(22-19(24)14-6-8-15(28-3)9-7-14)20(25)23-10-16(13-4-5-13)17(11-23)21(26)27/h6-9,12-13,16-18H,4-5,10-11H2,1-3H3,(H,22,24)(H,26,27)/t16-,17+,18?/m1/s1. The van der Waals surface area contributed by atoms with Crippen molar-refractivity contribution in [3.05, 3.63) is 29.8 Å². The van der Waals surface area contributed by atoms with E-state index < -0.39 is 17.9 Å². The van der Waals surface area contributed by atoms with Crippen molar-refractivity contribution in [3.8, 4) is 5.75 Å². The van der Waals surface area contributed by atoms with Crippen molar-refractivity contribution >= 4 is 17.8 Å². The van der Waals surface area contributed by atoms with Crippen LogP contribution in [0.4, 0.5) is 0 Å². The van der Waals surface area contributed by atoms with Gasteiger partial charge in [0.25, 0.3) is 5.91 Å². The van der Waals surface area contributed by atoms with Gasteiger partial charge in [-0.2, -0.15) is 0 Å². The maximum Gasteiger partial charge on any atom is 0.308 e. The maximum absolute atomic E-state index is 13.1. The first-order valence-electron chi connectivity index (χ1n) is 9.78. The van der Waals surface area contributed by atoms with Crippen LogP contribution in [0.1, 0.15) is 37.0 Å². The van der Waals surface area contributed by atoms with Gasteiger partial charge in [-0.3, -0.25) is 14.4 Å². The molecule has 2 N–H and O–H groups in total. The number of nitrogens with zero attached hydrogens (tertiary/aromatic N) is 1. The second-order valence-electron chi connectivity index (χ2n) is 8.11. The van der Waals surface area contributed by atoms with Crippen LogP contribution < -0.4 is 10.1 Å². The Kier molecular flexibility index (Phi) is 5.91. The molecule has 7 heteroatoms. The Morgan fingerprint density at radius 3 is 2.29 bits per heavy atom. The summed E-state index contributed by atoms with van der Waals surface area (Å²) in [6.45, 7) is 4.43. The highest BCUT2D eigenvalue weighted by Crippen LogP contribution is 2.44. The predicted octanol–water partition coefficient (Wildman–Crippen LogP) is 2.02. The molecule has 28 heavy (non-hydrogen) atoms. The molecule has 2 amide bonds. The lowest BCUT2D eigenvalue weighted by Crippen LogP contribution is -2.50. The van der Waals surface area contributed by atoms with Gasteiger partial charge >= 0.3 is 5.97 Å². The molecular formula is C21H28N2O5. The summed E-state index contributed by atoms with van der Waals surface area (Å²) in [6.07, 6.45) is 2.08. The predicted molar refractivity (Wildman–Crippen MR) is 103 cm³/mol. The summed E-state index contributed by atoms with van der Waals surface area (Å²) in [4.78, 5) is 39.0. The number of carboxylic acid groups (broad SMARTS) is 1. The van der Waals surface area contributed by atoms with E-state index in [4.69, 9.17) is 4.74 Å². The number of hydrogen-bond donors (Lipinski definition) is 2. The first-order valence-corrected chi connectivity index (χ1v) is 9.78. The fourth-order valence-corrected chi connectivity index (χ4v) is 3.95. The van der Waals surface area contributed by atoms with Gasteiger partial charge < -0.3 is 20.1 Å². The van der Waals surface area contributed by atoms with Crippen molar-refractivity contribution < 1.29 is 24.2 Å². The first-order chi connectivity index (χ1) is 13.3. The van der Waals surface area contributed by atoms with E-state index in [9.17, 15) is 19.5 Å². The van der Waals surface area contributed by atoms with E-state index in [2.05, 4.69) is 5.32 Å². The molecule has 1 saturated heterocycles. The number of ether oxygens (including phenoxy) is 1. The third-order valence-corrected chi connectivity index (χ3v) is 5.79. The van der Waals surface area contributed by atoms with Crippen molar-refractivity contribution in [2.45, 2.75) is 32.7 Å². The number of methoxy groups -OCH3 is 1. The monoisotopic (exact) mass is 388 g/mol. The summed E-state index contributed by atoms with van der Waals surface area (Å²) in [6, 6.07) is 5.99. The topological polar surface area (TPSA) is 95.9 Å². The first kappa shape index (κ1) is 20.2. The molecule has 1 aliphatic heterocycles. The minimum atomic E-state index is -0.837. The van der Waals surface area contributed by atoms with Crippen LogP contribution in [0.25, 0.3) is 0 Å². The smallest absolute Gasteiger partial charge is 0.308 e. The fraction of sp³-hybridized carbons (Fsp3) is 0.571. The lowest BCUT2D eigenvalue weighted by atomic mass is 9.92. The molecule has 1 unspecified atom stereocenters. The average molecular weight is 388 g/mol. The second-order valence-corrected chi connectivity index (χ2v) is 8.11. The Balaban J connectivity index is 1.69. The number of rotatable bonds is 7. The van der Waals surface area contributed by atoms with E-state index in [1.165, 1.54) is 0 Å². The van der Waals surface area contributed by atoms with E-state index in [-0.39, 0.29) is 30.2 Å². The molecular weight excluding hydrogens is 360 g/mol. The summed E-state index contributed by atoms with van der Waals surface area (Å²) >= 11 is 0. The molecule has 2 aliphatic rings. The molecule has 1 aromatic rings. The van der Waals surface area contributed by atoms with Crippen molar-refractivity contribution in [2.75, 3.05) is 20.2 Å². The summed E-state index contributed by atoms with van der Waals surface area (Å²) in [7, 11) is 1.55. The van der Waals surface area contributed by atoms with Gasteiger partial charge in [0.15, 0.2) is 0 Å². The number of carboxylic acids is 1. The number of aliphatic carboxylic acids is 1. The molecule has 0 radical (unpaired) electrons. The van der Waals surface area contributed by atoms with Gasteiger partial charge in [-0.05, 0) is 54.9 Å². The Labute approximate surface area is 165 Å². The summed E-state index contributed by atoms with van der Waals surface area (Å²) < 4.78 is 5.10. The molecule has 7 nitrogen and oxygen atoms in total. The summed E-state index contributed by atoms with van der Waals surface area (Å²) in [5, 5.41) is 12.4. The minimum absolute atomic E-state index is 0.0200. The van der Waals surface area contributed by atoms with E-state index in [0.717, 1.165) is 12.8 Å². The number of hydrogen-bond acceptors (Lipinski definition) is 4. The number of nitrogens with one attached hydrogen (secondary N) is 1. The third kappa shape index (κ3) is 4.29. The van der Waals surface area contributed by atoms with Gasteiger partial charge in [0, 0.05) is 18.7 Å². The largest absolute Gasteiger partial charge is 0.497 e. The number of carbonyl (C=O) groups excluding carboxylic acids is 2. The van der Waals surface area contributed by atoms with Crippen molar-refractivity contribution in [3.63, 3.8) is 0 Å². The summed E-state index contributed by atoms with van der Waals surface area (Å²) in [5.74, 6) is -0.920. The maximum atomic E-state index is 13.1. The van der Waals surface area contributed by atoms with Crippen LogP contribution in [0.15, 0.2) is 24.3 Å². The van der Waals surface area contributed by atoms with Crippen molar-refractivity contribution in [1.82, 2.24) is 10.2 Å². The minimum Gasteiger partial charge on any atom is -0.497 e. The highest BCUT2D eigenvalue weighted by molar-refractivity contribution is 5.97. The lowest BCUT2D eigenvalue weighted by molar-refractivity contribution is -0.142. The lowest BCUT2D eigenvalue weighted by Gasteiger charge is -2.27. The van der Waals surface area contributed by atoms with E-state index in [1.54, 1.807) is 36.3 Å². The Hall–Kier alpha value is -2.57. The van der Waals surface area contributed by atoms with Gasteiger partial charge in [-0.15, -0.1) is 0 Å². The molecule has 2 fully saturated rings. The molecule has 3 atom stereocenters. The molecule has 3 rings (SSSR count). The Morgan fingerprint density at radius 2 is 1.79 bits per heavy atom. The molecule has 152 valence electrons. The number of benzene rings is 1. The molecule has 1 aliphatic carbocycles. The van der Waals surface area contributed by atoms with E-state index in [1.807, 2.05) is 13.8 Å². The van der Waals surface area contributed by atoms with E-state index >= 15 is 0 Å². The SMILES string of the molecule is COc1ccc(C(=O)NC(C(=O)N2C[C@H](C(=O)O)[C@@H](C3CC3)C2)C(C)C)cc1. The van der Waals surface area contributed by atoms with Gasteiger partial charge in [-0.1, -0.05) is 13.8 Å². The van der Waals surface area contributed by atoms with Crippen molar-refractivity contribution in [2.24, 2.45) is 23.7 Å². The van der Waals surface area contributed by atoms with Gasteiger partial charge in [0.1, 0.15) is 11.8 Å². The normalized spacial score (nSPS) is 22.8. The van der Waals surface area contributed by atoms with Gasteiger partial charge in [0.2, 0.25) is 5.91 Å².